The first-order chi connectivity index (χ1) is 8.83. The van der Waals surface area contributed by atoms with Gasteiger partial charge in [-0.05, 0) is 36.7 Å². The Balaban J connectivity index is 2.10. The van der Waals surface area contributed by atoms with E-state index < -0.39 is 0 Å². The van der Waals surface area contributed by atoms with Gasteiger partial charge in [0.05, 0.1) is 13.3 Å². The van der Waals surface area contributed by atoms with Crippen LogP contribution in [0.15, 0.2) is 35.2 Å². The Labute approximate surface area is 105 Å². The van der Waals surface area contributed by atoms with Crippen LogP contribution >= 0.6 is 0 Å². The van der Waals surface area contributed by atoms with Crippen molar-refractivity contribution in [2.24, 2.45) is 5.73 Å². The summed E-state index contributed by atoms with van der Waals surface area (Å²) in [5, 5.41) is 3.63. The molecule has 0 fully saturated rings. The molecule has 0 radical (unpaired) electrons. The molecule has 5 nitrogen and oxygen atoms in total. The van der Waals surface area contributed by atoms with Gasteiger partial charge in [-0.3, -0.25) is 0 Å². The van der Waals surface area contributed by atoms with E-state index in [-0.39, 0.29) is 0 Å². The Morgan fingerprint density at radius 3 is 2.94 bits per heavy atom. The predicted molar refractivity (Wildman–Crippen MR) is 66.6 cm³/mol. The van der Waals surface area contributed by atoms with E-state index in [2.05, 4.69) is 5.16 Å². The Hall–Kier alpha value is -2.01. The summed E-state index contributed by atoms with van der Waals surface area (Å²) >= 11 is 0. The van der Waals surface area contributed by atoms with Crippen LogP contribution in [0.5, 0.6) is 11.5 Å². The van der Waals surface area contributed by atoms with Crippen LogP contribution in [0.2, 0.25) is 0 Å². The van der Waals surface area contributed by atoms with Gasteiger partial charge in [0.2, 0.25) is 0 Å². The third-order valence-electron chi connectivity index (χ3n) is 2.56. The van der Waals surface area contributed by atoms with Gasteiger partial charge in [-0.25, -0.2) is 0 Å². The average Bonchev–Trinajstić information content (AvgIpc) is 2.90. The first-order valence-corrected chi connectivity index (χ1v) is 5.71. The molecule has 0 aliphatic carbocycles. The minimum atomic E-state index is 0.424. The van der Waals surface area contributed by atoms with Crippen molar-refractivity contribution in [2.45, 2.75) is 13.0 Å². The highest BCUT2D eigenvalue weighted by molar-refractivity contribution is 5.40. The normalized spacial score (nSPS) is 10.3. The molecule has 18 heavy (non-hydrogen) atoms. The number of ether oxygens (including phenoxy) is 2. The Morgan fingerprint density at radius 1 is 1.39 bits per heavy atom. The lowest BCUT2D eigenvalue weighted by Gasteiger charge is -2.11. The number of hydrogen-bond donors (Lipinski definition) is 1. The number of hydrogen-bond acceptors (Lipinski definition) is 5. The van der Waals surface area contributed by atoms with Crippen molar-refractivity contribution in [3.05, 3.63) is 41.8 Å². The van der Waals surface area contributed by atoms with Gasteiger partial charge in [-0.2, -0.15) is 0 Å². The third-order valence-corrected chi connectivity index (χ3v) is 2.56. The zero-order chi connectivity index (χ0) is 12.8. The zero-order valence-corrected chi connectivity index (χ0v) is 10.3. The summed E-state index contributed by atoms with van der Waals surface area (Å²) in [5.74, 6) is 1.61. The largest absolute Gasteiger partial charge is 0.497 e. The van der Waals surface area contributed by atoms with Crippen molar-refractivity contribution in [1.29, 1.82) is 0 Å². The van der Waals surface area contributed by atoms with Crippen molar-refractivity contribution in [2.75, 3.05) is 13.7 Å². The van der Waals surface area contributed by atoms with Gasteiger partial charge in [-0.15, -0.1) is 0 Å². The first-order valence-electron chi connectivity index (χ1n) is 5.71. The van der Waals surface area contributed by atoms with Gasteiger partial charge >= 0.3 is 0 Å². The molecule has 0 saturated heterocycles. The van der Waals surface area contributed by atoms with E-state index in [9.17, 15) is 0 Å². The van der Waals surface area contributed by atoms with Crippen LogP contribution in [0.1, 0.15) is 11.1 Å². The highest BCUT2D eigenvalue weighted by Crippen LogP contribution is 2.25. The van der Waals surface area contributed by atoms with E-state index in [1.54, 1.807) is 19.6 Å². The van der Waals surface area contributed by atoms with E-state index in [1.807, 2.05) is 18.2 Å². The molecule has 0 aliphatic rings. The third kappa shape index (κ3) is 3.01. The van der Waals surface area contributed by atoms with Crippen LogP contribution < -0.4 is 15.2 Å². The molecular formula is C13H16N2O3. The van der Waals surface area contributed by atoms with Crippen LogP contribution in [0.3, 0.4) is 0 Å². The lowest BCUT2D eigenvalue weighted by molar-refractivity contribution is 0.300. The van der Waals surface area contributed by atoms with Crippen LogP contribution in [0, 0.1) is 0 Å². The second-order valence-electron chi connectivity index (χ2n) is 3.83. The maximum Gasteiger partial charge on any atom is 0.130 e. The second kappa shape index (κ2) is 6.07. The van der Waals surface area contributed by atoms with Gasteiger partial charge in [0, 0.05) is 5.56 Å². The fraction of sp³-hybridized carbons (Fsp3) is 0.308. The molecule has 0 amide bonds. The summed E-state index contributed by atoms with van der Waals surface area (Å²) in [6.07, 6.45) is 3.94. The maximum atomic E-state index is 5.72. The minimum absolute atomic E-state index is 0.424. The number of methoxy groups -OCH3 is 1. The lowest BCUT2D eigenvalue weighted by Crippen LogP contribution is -2.05. The Morgan fingerprint density at radius 2 is 2.28 bits per heavy atom. The molecular weight excluding hydrogens is 232 g/mol. The SMILES string of the molecule is COc1ccc(OCc2cnoc2)c(CCN)c1. The van der Waals surface area contributed by atoms with Crippen LogP contribution in [0.25, 0.3) is 0 Å². The maximum absolute atomic E-state index is 5.72. The molecule has 2 aromatic rings. The molecule has 0 aliphatic heterocycles. The molecule has 1 aromatic heterocycles. The summed E-state index contributed by atoms with van der Waals surface area (Å²) in [6.45, 7) is 0.990. The van der Waals surface area contributed by atoms with Crippen molar-refractivity contribution >= 4 is 0 Å². The van der Waals surface area contributed by atoms with Gasteiger partial charge in [0.1, 0.15) is 24.4 Å². The molecule has 1 heterocycles. The highest BCUT2D eigenvalue weighted by atomic mass is 16.5. The summed E-state index contributed by atoms with van der Waals surface area (Å²) in [6, 6.07) is 5.69. The highest BCUT2D eigenvalue weighted by Gasteiger charge is 2.06. The molecule has 0 atom stereocenters. The van der Waals surface area contributed by atoms with Gasteiger partial charge in [0.25, 0.3) is 0 Å². The summed E-state index contributed by atoms with van der Waals surface area (Å²) in [7, 11) is 1.64. The zero-order valence-electron chi connectivity index (χ0n) is 10.3. The van der Waals surface area contributed by atoms with Crippen molar-refractivity contribution in [3.63, 3.8) is 0 Å². The monoisotopic (exact) mass is 248 g/mol. The topological polar surface area (TPSA) is 70.5 Å². The molecule has 0 spiro atoms. The van der Waals surface area contributed by atoms with Gasteiger partial charge < -0.3 is 19.7 Å². The second-order valence-corrected chi connectivity index (χ2v) is 3.83. The molecule has 0 unspecified atom stereocenters. The summed E-state index contributed by atoms with van der Waals surface area (Å²) in [5.41, 5.74) is 7.52. The van der Waals surface area contributed by atoms with E-state index in [4.69, 9.17) is 19.7 Å². The molecule has 2 N–H and O–H groups in total. The minimum Gasteiger partial charge on any atom is -0.497 e. The quantitative estimate of drug-likeness (QED) is 0.843. The molecule has 5 heteroatoms. The van der Waals surface area contributed by atoms with Crippen LogP contribution in [-0.4, -0.2) is 18.8 Å². The van der Waals surface area contributed by atoms with E-state index in [0.717, 1.165) is 29.0 Å². The number of nitrogens with zero attached hydrogens (tertiary/aromatic N) is 1. The first kappa shape index (κ1) is 12.4. The number of nitrogens with two attached hydrogens (primary N) is 1. The standard InChI is InChI=1S/C13H16N2O3/c1-16-12-2-3-13(11(6-12)4-5-14)17-8-10-7-15-18-9-10/h2-3,6-7,9H,4-5,8,14H2,1H3. The predicted octanol–water partition coefficient (Wildman–Crippen LogP) is 1.76. The van der Waals surface area contributed by atoms with Gasteiger partial charge in [0.15, 0.2) is 0 Å². The molecule has 1 aromatic carbocycles. The van der Waals surface area contributed by atoms with E-state index >= 15 is 0 Å². The van der Waals surface area contributed by atoms with Crippen molar-refractivity contribution in [3.8, 4) is 11.5 Å². The van der Waals surface area contributed by atoms with Crippen molar-refractivity contribution < 1.29 is 14.0 Å². The Kier molecular flexibility index (Phi) is 4.20. The lowest BCUT2D eigenvalue weighted by atomic mass is 10.1. The number of rotatable bonds is 6. The summed E-state index contributed by atoms with van der Waals surface area (Å²) in [4.78, 5) is 0. The Bertz CT molecular complexity index is 483. The van der Waals surface area contributed by atoms with E-state index in [0.29, 0.717) is 13.2 Å². The number of benzene rings is 1. The smallest absolute Gasteiger partial charge is 0.130 e. The van der Waals surface area contributed by atoms with Crippen molar-refractivity contribution in [1.82, 2.24) is 5.16 Å². The number of aromatic nitrogens is 1. The summed E-state index contributed by atoms with van der Waals surface area (Å²) < 4.78 is 15.7. The molecule has 96 valence electrons. The van der Waals surface area contributed by atoms with E-state index in [1.165, 1.54) is 0 Å². The molecule has 2 rings (SSSR count). The van der Waals surface area contributed by atoms with Gasteiger partial charge in [-0.1, -0.05) is 5.16 Å². The van der Waals surface area contributed by atoms with Crippen LogP contribution in [-0.2, 0) is 13.0 Å². The fourth-order valence-electron chi connectivity index (χ4n) is 1.63. The fourth-order valence-corrected chi connectivity index (χ4v) is 1.63. The molecule has 0 saturated carbocycles. The molecule has 0 bridgehead atoms. The van der Waals surface area contributed by atoms with Crippen LogP contribution in [0.4, 0.5) is 0 Å². The average molecular weight is 248 g/mol.